The number of nitrogens with zero attached hydrogens (tertiary/aromatic N) is 1. The first-order valence-electron chi connectivity index (χ1n) is 5.13. The minimum absolute atomic E-state index is 0.210. The van der Waals surface area contributed by atoms with Gasteiger partial charge in [-0.3, -0.25) is 9.69 Å². The van der Waals surface area contributed by atoms with Crippen molar-refractivity contribution in [1.29, 1.82) is 0 Å². The molecule has 15 heavy (non-hydrogen) atoms. The maximum atomic E-state index is 11.4. The summed E-state index contributed by atoms with van der Waals surface area (Å²) in [4.78, 5) is 15.1. The van der Waals surface area contributed by atoms with E-state index in [1.807, 2.05) is 6.92 Å². The van der Waals surface area contributed by atoms with E-state index in [4.69, 9.17) is 0 Å². The van der Waals surface area contributed by atoms with E-state index in [2.05, 4.69) is 32.3 Å². The first-order valence-corrected chi connectivity index (χ1v) is 6.80. The van der Waals surface area contributed by atoms with Crippen molar-refractivity contribution in [3.63, 3.8) is 0 Å². The molecule has 4 heteroatoms. The van der Waals surface area contributed by atoms with Crippen LogP contribution in [0.3, 0.4) is 0 Å². The van der Waals surface area contributed by atoms with E-state index in [-0.39, 0.29) is 5.92 Å². The highest BCUT2D eigenvalue weighted by atomic mass is 79.9. The van der Waals surface area contributed by atoms with Crippen molar-refractivity contribution in [3.05, 3.63) is 20.8 Å². The second kappa shape index (κ2) is 4.76. The molecule has 2 heterocycles. The molecule has 1 aromatic heterocycles. The van der Waals surface area contributed by atoms with Crippen LogP contribution in [0.4, 0.5) is 0 Å². The Balaban J connectivity index is 1.93. The van der Waals surface area contributed by atoms with E-state index in [1.165, 1.54) is 4.88 Å². The molecule has 0 aliphatic carbocycles. The molecule has 0 bridgehead atoms. The Hall–Kier alpha value is -0.190. The first-order chi connectivity index (χ1) is 7.15. The zero-order valence-electron chi connectivity index (χ0n) is 8.70. The summed E-state index contributed by atoms with van der Waals surface area (Å²) in [5, 5.41) is 2.11. The summed E-state index contributed by atoms with van der Waals surface area (Å²) in [6, 6.07) is 2.16. The van der Waals surface area contributed by atoms with Gasteiger partial charge in [0, 0.05) is 46.7 Å². The molecule has 1 atom stereocenters. The number of halogens is 1. The van der Waals surface area contributed by atoms with Gasteiger partial charge in [-0.1, -0.05) is 6.92 Å². The Kier molecular flexibility index (Phi) is 3.59. The fraction of sp³-hybridized carbons (Fsp3) is 0.545. The molecule has 1 unspecified atom stereocenters. The van der Waals surface area contributed by atoms with Crippen LogP contribution in [0.1, 0.15) is 18.2 Å². The van der Waals surface area contributed by atoms with Crippen molar-refractivity contribution in [1.82, 2.24) is 4.90 Å². The highest BCUT2D eigenvalue weighted by Gasteiger charge is 2.23. The highest BCUT2D eigenvalue weighted by molar-refractivity contribution is 9.10. The monoisotopic (exact) mass is 287 g/mol. The number of carbonyl (C=O) groups is 1. The number of hydrogen-bond acceptors (Lipinski definition) is 3. The molecule has 2 rings (SSSR count). The maximum absolute atomic E-state index is 11.4. The van der Waals surface area contributed by atoms with Gasteiger partial charge in [0.2, 0.25) is 0 Å². The Bertz CT molecular complexity index is 363. The molecule has 1 aliphatic rings. The summed E-state index contributed by atoms with van der Waals surface area (Å²) >= 11 is 5.23. The molecular formula is C11H14BrNOS. The van der Waals surface area contributed by atoms with Crippen LogP contribution in [0.5, 0.6) is 0 Å². The molecular weight excluding hydrogens is 274 g/mol. The van der Waals surface area contributed by atoms with E-state index >= 15 is 0 Å². The molecule has 1 fully saturated rings. The summed E-state index contributed by atoms with van der Waals surface area (Å²) in [7, 11) is 0. The van der Waals surface area contributed by atoms with Crippen molar-refractivity contribution in [2.45, 2.75) is 19.9 Å². The van der Waals surface area contributed by atoms with Crippen LogP contribution in [0.25, 0.3) is 0 Å². The number of thiophene rings is 1. The number of rotatable bonds is 2. The Labute approximate surface area is 102 Å². The molecule has 0 N–H and O–H groups in total. The van der Waals surface area contributed by atoms with Crippen molar-refractivity contribution in [3.8, 4) is 0 Å². The summed E-state index contributed by atoms with van der Waals surface area (Å²) in [6.45, 7) is 4.83. The summed E-state index contributed by atoms with van der Waals surface area (Å²) < 4.78 is 1.16. The van der Waals surface area contributed by atoms with Crippen molar-refractivity contribution >= 4 is 33.0 Å². The zero-order valence-corrected chi connectivity index (χ0v) is 11.1. The Morgan fingerprint density at radius 2 is 2.47 bits per heavy atom. The summed E-state index contributed by atoms with van der Waals surface area (Å²) in [5.74, 6) is 0.626. The minimum Gasteiger partial charge on any atom is -0.299 e. The predicted octanol–water partition coefficient (Wildman–Crippen LogP) is 2.92. The average molecular weight is 288 g/mol. The quantitative estimate of drug-likeness (QED) is 0.834. The zero-order chi connectivity index (χ0) is 10.8. The van der Waals surface area contributed by atoms with E-state index < -0.39 is 0 Å². The van der Waals surface area contributed by atoms with Gasteiger partial charge < -0.3 is 0 Å². The third-order valence-electron chi connectivity index (χ3n) is 2.76. The molecule has 1 aromatic rings. The lowest BCUT2D eigenvalue weighted by Gasteiger charge is -2.29. The maximum Gasteiger partial charge on any atom is 0.138 e. The van der Waals surface area contributed by atoms with Crippen LogP contribution in [-0.2, 0) is 11.3 Å². The molecule has 1 saturated heterocycles. The number of ketones is 1. The van der Waals surface area contributed by atoms with Gasteiger partial charge in [0.25, 0.3) is 0 Å². The molecule has 0 aromatic carbocycles. The topological polar surface area (TPSA) is 20.3 Å². The highest BCUT2D eigenvalue weighted by Crippen LogP contribution is 2.23. The lowest BCUT2D eigenvalue weighted by molar-refractivity contribution is -0.125. The fourth-order valence-corrected chi connectivity index (χ4v) is 3.39. The first kappa shape index (κ1) is 11.3. The molecule has 0 amide bonds. The Morgan fingerprint density at radius 3 is 3.07 bits per heavy atom. The SMILES string of the molecule is CC1CN(Cc2cc(Br)cs2)CCC1=O. The lowest BCUT2D eigenvalue weighted by Crippen LogP contribution is -2.38. The average Bonchev–Trinajstić information content (AvgIpc) is 2.58. The number of likely N-dealkylation sites (tertiary alicyclic amines) is 1. The van der Waals surface area contributed by atoms with Gasteiger partial charge >= 0.3 is 0 Å². The number of Topliss-reactive ketones (excluding diaryl/α,β-unsaturated/α-hetero) is 1. The molecule has 2 nitrogen and oxygen atoms in total. The van der Waals surface area contributed by atoms with E-state index in [9.17, 15) is 4.79 Å². The lowest BCUT2D eigenvalue weighted by atomic mass is 9.99. The van der Waals surface area contributed by atoms with Gasteiger partial charge in [0.15, 0.2) is 0 Å². The largest absolute Gasteiger partial charge is 0.299 e. The van der Waals surface area contributed by atoms with Gasteiger partial charge in [0.1, 0.15) is 5.78 Å². The van der Waals surface area contributed by atoms with E-state index in [1.54, 1.807) is 11.3 Å². The van der Waals surface area contributed by atoms with Gasteiger partial charge in [-0.25, -0.2) is 0 Å². The smallest absolute Gasteiger partial charge is 0.138 e. The number of hydrogen-bond donors (Lipinski definition) is 0. The van der Waals surface area contributed by atoms with Crippen LogP contribution >= 0.6 is 27.3 Å². The summed E-state index contributed by atoms with van der Waals surface area (Å²) in [5.41, 5.74) is 0. The molecule has 0 radical (unpaired) electrons. The minimum atomic E-state index is 0.210. The standard InChI is InChI=1S/C11H14BrNOS/c1-8-5-13(3-2-11(8)14)6-10-4-9(12)7-15-10/h4,7-8H,2-3,5-6H2,1H3. The van der Waals surface area contributed by atoms with E-state index in [0.29, 0.717) is 12.2 Å². The molecule has 82 valence electrons. The van der Waals surface area contributed by atoms with Crippen LogP contribution in [0.15, 0.2) is 15.9 Å². The van der Waals surface area contributed by atoms with Crippen molar-refractivity contribution < 1.29 is 4.79 Å². The van der Waals surface area contributed by atoms with Crippen LogP contribution in [0.2, 0.25) is 0 Å². The van der Waals surface area contributed by atoms with E-state index in [0.717, 1.165) is 24.1 Å². The number of piperidine rings is 1. The second-order valence-electron chi connectivity index (χ2n) is 4.08. The van der Waals surface area contributed by atoms with Crippen LogP contribution < -0.4 is 0 Å². The Morgan fingerprint density at radius 1 is 1.67 bits per heavy atom. The van der Waals surface area contributed by atoms with Gasteiger partial charge in [-0.2, -0.15) is 0 Å². The predicted molar refractivity (Wildman–Crippen MR) is 66.1 cm³/mol. The normalized spacial score (nSPS) is 23.3. The molecule has 1 aliphatic heterocycles. The fourth-order valence-electron chi connectivity index (χ4n) is 1.90. The van der Waals surface area contributed by atoms with Crippen LogP contribution in [0, 0.1) is 5.92 Å². The van der Waals surface area contributed by atoms with Crippen molar-refractivity contribution in [2.24, 2.45) is 5.92 Å². The van der Waals surface area contributed by atoms with Crippen molar-refractivity contribution in [2.75, 3.05) is 13.1 Å². The summed E-state index contributed by atoms with van der Waals surface area (Å²) in [6.07, 6.45) is 0.716. The third-order valence-corrected chi connectivity index (χ3v) is 4.44. The number of carbonyl (C=O) groups excluding carboxylic acids is 1. The van der Waals surface area contributed by atoms with Gasteiger partial charge in [-0.15, -0.1) is 11.3 Å². The van der Waals surface area contributed by atoms with Gasteiger partial charge in [0.05, 0.1) is 0 Å². The van der Waals surface area contributed by atoms with Gasteiger partial charge in [-0.05, 0) is 22.0 Å². The third kappa shape index (κ3) is 2.89. The molecule has 0 spiro atoms. The molecule has 0 saturated carbocycles. The second-order valence-corrected chi connectivity index (χ2v) is 6.00. The van der Waals surface area contributed by atoms with Crippen LogP contribution in [-0.4, -0.2) is 23.8 Å².